The zero-order valence-corrected chi connectivity index (χ0v) is 18.9. The summed E-state index contributed by atoms with van der Waals surface area (Å²) in [7, 11) is 0. The SMILES string of the molecule is O=C(C1=NN(Cc2ccc(F)cc2)C(=O)CC1)N1CCC[C@H](c2nc(-c3cccc(F)c3)no2)C1. The number of hydrogen-bond donors (Lipinski definition) is 0. The summed E-state index contributed by atoms with van der Waals surface area (Å²) in [6.45, 7) is 1.11. The van der Waals surface area contributed by atoms with E-state index in [0.717, 1.165) is 18.4 Å². The molecular weight excluding hydrogens is 456 g/mol. The summed E-state index contributed by atoms with van der Waals surface area (Å²) >= 11 is 0. The Morgan fingerprint density at radius 2 is 1.91 bits per heavy atom. The molecule has 0 unspecified atom stereocenters. The summed E-state index contributed by atoms with van der Waals surface area (Å²) in [4.78, 5) is 31.7. The fourth-order valence-electron chi connectivity index (χ4n) is 4.33. The third-order valence-corrected chi connectivity index (χ3v) is 6.18. The van der Waals surface area contributed by atoms with E-state index in [1.807, 2.05) is 0 Å². The van der Waals surface area contributed by atoms with Gasteiger partial charge in [0.2, 0.25) is 17.6 Å². The third kappa shape index (κ3) is 5.11. The van der Waals surface area contributed by atoms with Crippen molar-refractivity contribution in [2.24, 2.45) is 5.10 Å². The van der Waals surface area contributed by atoms with Crippen molar-refractivity contribution in [3.8, 4) is 11.4 Å². The van der Waals surface area contributed by atoms with Gasteiger partial charge in [-0.15, -0.1) is 0 Å². The van der Waals surface area contributed by atoms with Crippen LogP contribution in [0.2, 0.25) is 0 Å². The van der Waals surface area contributed by atoms with Crippen molar-refractivity contribution in [2.75, 3.05) is 13.1 Å². The van der Waals surface area contributed by atoms with Crippen LogP contribution in [0.4, 0.5) is 8.78 Å². The Bertz CT molecular complexity index is 1270. The zero-order chi connectivity index (χ0) is 24.4. The molecule has 2 aromatic carbocycles. The minimum Gasteiger partial charge on any atom is -0.339 e. The number of rotatable bonds is 5. The van der Waals surface area contributed by atoms with E-state index in [0.29, 0.717) is 36.1 Å². The van der Waals surface area contributed by atoms with Gasteiger partial charge < -0.3 is 9.42 Å². The number of likely N-dealkylation sites (tertiary alicyclic amines) is 1. The molecule has 3 heterocycles. The van der Waals surface area contributed by atoms with E-state index >= 15 is 0 Å². The molecule has 0 bridgehead atoms. The molecule has 35 heavy (non-hydrogen) atoms. The summed E-state index contributed by atoms with van der Waals surface area (Å²) in [6, 6.07) is 11.8. The summed E-state index contributed by atoms with van der Waals surface area (Å²) in [6.07, 6.45) is 1.97. The van der Waals surface area contributed by atoms with Gasteiger partial charge in [0.15, 0.2) is 0 Å². The Morgan fingerprint density at radius 3 is 2.71 bits per heavy atom. The molecule has 180 valence electrons. The lowest BCUT2D eigenvalue weighted by atomic mass is 9.97. The number of amides is 2. The first-order chi connectivity index (χ1) is 17.0. The standard InChI is InChI=1S/C25H23F2N5O3/c26-19-8-6-16(7-9-19)14-32-22(33)11-10-21(29-32)25(34)31-12-2-4-18(15-31)24-28-23(30-35-24)17-3-1-5-20(27)13-17/h1,3,5-9,13,18H,2,4,10-12,14-15H2/t18-/m0/s1. The largest absolute Gasteiger partial charge is 0.339 e. The van der Waals surface area contributed by atoms with Gasteiger partial charge in [0.05, 0.1) is 12.5 Å². The lowest BCUT2D eigenvalue weighted by molar-refractivity contribution is -0.132. The minimum atomic E-state index is -0.386. The van der Waals surface area contributed by atoms with E-state index in [2.05, 4.69) is 15.2 Å². The maximum absolute atomic E-state index is 13.5. The van der Waals surface area contributed by atoms with Crippen LogP contribution in [0, 0.1) is 11.6 Å². The minimum absolute atomic E-state index is 0.149. The fraction of sp³-hybridized carbons (Fsp3) is 0.320. The molecule has 10 heteroatoms. The maximum atomic E-state index is 13.5. The molecule has 3 aromatic rings. The first-order valence-electron chi connectivity index (χ1n) is 11.5. The van der Waals surface area contributed by atoms with Gasteiger partial charge in [0.1, 0.15) is 17.3 Å². The fourth-order valence-corrected chi connectivity index (χ4v) is 4.33. The molecule has 2 aliphatic heterocycles. The van der Waals surface area contributed by atoms with Crippen LogP contribution in [-0.2, 0) is 16.1 Å². The van der Waals surface area contributed by atoms with Gasteiger partial charge in [-0.25, -0.2) is 13.8 Å². The average Bonchev–Trinajstić information content (AvgIpc) is 3.37. The Hall–Kier alpha value is -3.95. The third-order valence-electron chi connectivity index (χ3n) is 6.18. The van der Waals surface area contributed by atoms with Crippen LogP contribution >= 0.6 is 0 Å². The average molecular weight is 479 g/mol. The number of benzene rings is 2. The monoisotopic (exact) mass is 479 g/mol. The summed E-state index contributed by atoms with van der Waals surface area (Å²) in [5.41, 5.74) is 1.56. The van der Waals surface area contributed by atoms with Crippen LogP contribution < -0.4 is 0 Å². The molecule has 2 amide bonds. The molecule has 0 radical (unpaired) electrons. The summed E-state index contributed by atoms with van der Waals surface area (Å²) in [5, 5.41) is 9.58. The highest BCUT2D eigenvalue weighted by Gasteiger charge is 2.33. The summed E-state index contributed by atoms with van der Waals surface area (Å²) < 4.78 is 32.2. The second-order valence-electron chi connectivity index (χ2n) is 8.68. The number of hydrazone groups is 1. The Morgan fingerprint density at radius 1 is 1.09 bits per heavy atom. The van der Waals surface area contributed by atoms with Crippen molar-refractivity contribution in [3.63, 3.8) is 0 Å². The van der Waals surface area contributed by atoms with Gasteiger partial charge in [-0.05, 0) is 42.7 Å². The van der Waals surface area contributed by atoms with E-state index in [4.69, 9.17) is 4.52 Å². The molecule has 0 N–H and O–H groups in total. The van der Waals surface area contributed by atoms with E-state index < -0.39 is 0 Å². The molecule has 1 saturated heterocycles. The van der Waals surface area contributed by atoms with Gasteiger partial charge in [-0.1, -0.05) is 29.4 Å². The van der Waals surface area contributed by atoms with Crippen LogP contribution in [0.15, 0.2) is 58.2 Å². The topological polar surface area (TPSA) is 91.9 Å². The highest BCUT2D eigenvalue weighted by atomic mass is 19.1. The Balaban J connectivity index is 1.28. The van der Waals surface area contributed by atoms with Crippen molar-refractivity contribution in [1.82, 2.24) is 20.0 Å². The van der Waals surface area contributed by atoms with E-state index in [1.54, 1.807) is 29.2 Å². The van der Waals surface area contributed by atoms with Crippen LogP contribution in [0.3, 0.4) is 0 Å². The molecule has 5 rings (SSSR count). The number of piperidine rings is 1. The first kappa shape index (κ1) is 22.8. The second-order valence-corrected chi connectivity index (χ2v) is 8.68. The zero-order valence-electron chi connectivity index (χ0n) is 18.9. The van der Waals surface area contributed by atoms with Crippen molar-refractivity contribution in [3.05, 3.63) is 71.6 Å². The predicted octanol–water partition coefficient (Wildman–Crippen LogP) is 3.90. The predicted molar refractivity (Wildman–Crippen MR) is 122 cm³/mol. The normalized spacial score (nSPS) is 18.5. The highest BCUT2D eigenvalue weighted by molar-refractivity contribution is 6.39. The van der Waals surface area contributed by atoms with Crippen LogP contribution in [-0.4, -0.2) is 50.7 Å². The first-order valence-corrected chi connectivity index (χ1v) is 11.5. The van der Waals surface area contributed by atoms with E-state index in [9.17, 15) is 18.4 Å². The van der Waals surface area contributed by atoms with Gasteiger partial charge in [-0.2, -0.15) is 10.1 Å². The van der Waals surface area contributed by atoms with Gasteiger partial charge in [-0.3, -0.25) is 9.59 Å². The summed E-state index contributed by atoms with van der Waals surface area (Å²) in [5.74, 6) is -0.599. The maximum Gasteiger partial charge on any atom is 0.270 e. The Labute approximate surface area is 200 Å². The van der Waals surface area contributed by atoms with Gasteiger partial charge in [0.25, 0.3) is 5.91 Å². The number of hydrogen-bond acceptors (Lipinski definition) is 6. The van der Waals surface area contributed by atoms with Gasteiger partial charge >= 0.3 is 0 Å². The second kappa shape index (κ2) is 9.73. The number of carbonyl (C=O) groups is 2. The quantitative estimate of drug-likeness (QED) is 0.554. The molecular formula is C25H23F2N5O3. The van der Waals surface area contributed by atoms with Crippen molar-refractivity contribution in [1.29, 1.82) is 0 Å². The smallest absolute Gasteiger partial charge is 0.270 e. The molecule has 0 saturated carbocycles. The Kier molecular flexibility index (Phi) is 6.35. The van der Waals surface area contributed by atoms with Gasteiger partial charge in [0, 0.05) is 31.5 Å². The molecule has 1 fully saturated rings. The molecule has 8 nitrogen and oxygen atoms in total. The van der Waals surface area contributed by atoms with Crippen molar-refractivity contribution < 1.29 is 22.9 Å². The van der Waals surface area contributed by atoms with Crippen LogP contribution in [0.5, 0.6) is 0 Å². The van der Waals surface area contributed by atoms with Crippen molar-refractivity contribution in [2.45, 2.75) is 38.1 Å². The lowest BCUT2D eigenvalue weighted by Crippen LogP contribution is -2.45. The van der Waals surface area contributed by atoms with E-state index in [-0.39, 0.29) is 48.8 Å². The number of aromatic nitrogens is 2. The van der Waals surface area contributed by atoms with E-state index in [1.165, 1.54) is 29.3 Å². The molecule has 2 aliphatic rings. The lowest BCUT2D eigenvalue weighted by Gasteiger charge is -2.32. The molecule has 0 aliphatic carbocycles. The molecule has 0 spiro atoms. The van der Waals surface area contributed by atoms with Crippen LogP contribution in [0.25, 0.3) is 11.4 Å². The molecule has 1 atom stereocenters. The number of halogens is 2. The number of carbonyl (C=O) groups excluding carboxylic acids is 2. The molecule has 1 aromatic heterocycles. The van der Waals surface area contributed by atoms with Crippen LogP contribution in [0.1, 0.15) is 43.1 Å². The van der Waals surface area contributed by atoms with Crippen molar-refractivity contribution >= 4 is 17.5 Å². The highest BCUT2D eigenvalue weighted by Crippen LogP contribution is 2.28. The number of nitrogens with zero attached hydrogens (tertiary/aromatic N) is 5.